The molecule has 0 spiro atoms. The lowest BCUT2D eigenvalue weighted by atomic mass is 10.0. The quantitative estimate of drug-likeness (QED) is 0.678. The minimum Gasteiger partial charge on any atom is -0.504 e. The lowest BCUT2D eigenvalue weighted by Crippen LogP contribution is -2.41. The van der Waals surface area contributed by atoms with Gasteiger partial charge < -0.3 is 24.4 Å². The summed E-state index contributed by atoms with van der Waals surface area (Å²) < 4.78 is 5.74. The van der Waals surface area contributed by atoms with Crippen LogP contribution in [0.2, 0.25) is 0 Å². The van der Waals surface area contributed by atoms with Gasteiger partial charge in [-0.15, -0.1) is 0 Å². The van der Waals surface area contributed by atoms with Crippen molar-refractivity contribution in [2.24, 2.45) is 0 Å². The molecule has 0 atom stereocenters. The summed E-state index contributed by atoms with van der Waals surface area (Å²) in [6, 6.07) is 12.6. The van der Waals surface area contributed by atoms with Crippen molar-refractivity contribution in [3.8, 4) is 22.8 Å². The number of anilines is 1. The van der Waals surface area contributed by atoms with E-state index >= 15 is 0 Å². The van der Waals surface area contributed by atoms with Crippen LogP contribution in [0.1, 0.15) is 12.8 Å². The Balaban J connectivity index is 1.61. The van der Waals surface area contributed by atoms with Crippen LogP contribution in [0.5, 0.6) is 11.5 Å². The molecule has 2 aromatic carbocycles. The molecule has 2 heterocycles. The van der Waals surface area contributed by atoms with E-state index in [-0.39, 0.29) is 22.1 Å². The van der Waals surface area contributed by atoms with Gasteiger partial charge in [0.1, 0.15) is 5.76 Å². The largest absolute Gasteiger partial charge is 0.504 e. The average Bonchev–Trinajstić information content (AvgIpc) is 2.71. The van der Waals surface area contributed by atoms with Crippen LogP contribution >= 0.6 is 0 Å². The molecule has 0 amide bonds. The monoisotopic (exact) mass is 380 g/mol. The molecule has 1 saturated heterocycles. The molecule has 6 nitrogen and oxygen atoms in total. The van der Waals surface area contributed by atoms with Crippen LogP contribution < -0.4 is 10.3 Å². The number of hydrogen-bond acceptors (Lipinski definition) is 6. The predicted molar refractivity (Wildman–Crippen MR) is 110 cm³/mol. The maximum atomic E-state index is 12.4. The van der Waals surface area contributed by atoms with Gasteiger partial charge >= 0.3 is 0 Å². The van der Waals surface area contributed by atoms with E-state index in [1.165, 1.54) is 18.2 Å². The van der Waals surface area contributed by atoms with Gasteiger partial charge in [-0.2, -0.15) is 0 Å². The highest BCUT2D eigenvalue weighted by atomic mass is 16.4. The molecule has 0 bridgehead atoms. The van der Waals surface area contributed by atoms with Crippen molar-refractivity contribution in [2.75, 3.05) is 32.1 Å². The Morgan fingerprint density at radius 3 is 2.36 bits per heavy atom. The van der Waals surface area contributed by atoms with E-state index in [0.29, 0.717) is 11.8 Å². The normalized spacial score (nSPS) is 15.5. The Bertz CT molecular complexity index is 1050. The van der Waals surface area contributed by atoms with E-state index < -0.39 is 5.75 Å². The fourth-order valence-electron chi connectivity index (χ4n) is 3.81. The Labute approximate surface area is 163 Å². The maximum absolute atomic E-state index is 12.4. The fourth-order valence-corrected chi connectivity index (χ4v) is 3.81. The van der Waals surface area contributed by atoms with Crippen molar-refractivity contribution in [2.45, 2.75) is 18.9 Å². The number of aromatic hydroxyl groups is 2. The number of piperidine rings is 1. The zero-order chi connectivity index (χ0) is 19.8. The summed E-state index contributed by atoms with van der Waals surface area (Å²) in [4.78, 5) is 17.0. The molecular formula is C22H24N2O4. The summed E-state index contributed by atoms with van der Waals surface area (Å²) in [6.45, 7) is 2.03. The van der Waals surface area contributed by atoms with Gasteiger partial charge in [0.2, 0.25) is 5.75 Å². The minimum absolute atomic E-state index is 0.00247. The van der Waals surface area contributed by atoms with Crippen LogP contribution in [0, 0.1) is 0 Å². The molecule has 6 heteroatoms. The van der Waals surface area contributed by atoms with Gasteiger partial charge in [-0.1, -0.05) is 0 Å². The van der Waals surface area contributed by atoms with Gasteiger partial charge in [-0.25, -0.2) is 0 Å². The zero-order valence-electron chi connectivity index (χ0n) is 16.1. The van der Waals surface area contributed by atoms with Gasteiger partial charge in [0.15, 0.2) is 16.8 Å². The fraction of sp³-hybridized carbons (Fsp3) is 0.318. The number of rotatable bonds is 3. The van der Waals surface area contributed by atoms with Gasteiger partial charge in [0, 0.05) is 36.4 Å². The number of nitrogens with zero attached hydrogens (tertiary/aromatic N) is 2. The molecule has 3 aromatic rings. The Hall–Kier alpha value is -2.99. The third-order valence-electron chi connectivity index (χ3n) is 5.56. The van der Waals surface area contributed by atoms with E-state index in [1.807, 2.05) is 24.3 Å². The number of benzene rings is 2. The molecule has 0 radical (unpaired) electrons. The van der Waals surface area contributed by atoms with Crippen molar-refractivity contribution in [1.82, 2.24) is 4.90 Å². The first-order chi connectivity index (χ1) is 13.4. The topological polar surface area (TPSA) is 77.2 Å². The van der Waals surface area contributed by atoms with Gasteiger partial charge in [-0.3, -0.25) is 4.79 Å². The molecule has 1 aliphatic heterocycles. The van der Waals surface area contributed by atoms with Gasteiger partial charge in [-0.05, 0) is 63.3 Å². The smallest absolute Gasteiger partial charge is 0.201 e. The third kappa shape index (κ3) is 3.31. The van der Waals surface area contributed by atoms with E-state index in [4.69, 9.17) is 4.42 Å². The zero-order valence-corrected chi connectivity index (χ0v) is 16.1. The second kappa shape index (κ2) is 7.20. The minimum atomic E-state index is -0.420. The lowest BCUT2D eigenvalue weighted by Gasteiger charge is -2.36. The molecule has 0 unspecified atom stereocenters. The van der Waals surface area contributed by atoms with Crippen LogP contribution in [0.4, 0.5) is 5.69 Å². The first kappa shape index (κ1) is 18.4. The van der Waals surface area contributed by atoms with Crippen molar-refractivity contribution in [3.05, 3.63) is 52.7 Å². The van der Waals surface area contributed by atoms with Gasteiger partial charge in [0.25, 0.3) is 0 Å². The van der Waals surface area contributed by atoms with E-state index in [1.54, 1.807) is 0 Å². The first-order valence-electron chi connectivity index (χ1n) is 9.44. The molecular weight excluding hydrogens is 356 g/mol. The lowest BCUT2D eigenvalue weighted by molar-refractivity contribution is 0.249. The molecule has 146 valence electrons. The van der Waals surface area contributed by atoms with Crippen LogP contribution in [0.3, 0.4) is 0 Å². The molecule has 0 saturated carbocycles. The van der Waals surface area contributed by atoms with E-state index in [2.05, 4.69) is 23.9 Å². The standard InChI is InChI=1S/C22H24N2O4/c1-23(2)15-9-11-24(12-10-15)16-5-3-14(4-6-16)20-13-19(26)17-7-8-18(25)21(27)22(17)28-20/h3-8,13,15,25,27H,9-12H2,1-2H3. The van der Waals surface area contributed by atoms with Crippen molar-refractivity contribution in [3.63, 3.8) is 0 Å². The third-order valence-corrected chi connectivity index (χ3v) is 5.56. The van der Waals surface area contributed by atoms with Crippen molar-refractivity contribution in [1.29, 1.82) is 0 Å². The summed E-state index contributed by atoms with van der Waals surface area (Å²) in [5, 5.41) is 20.0. The number of phenolic OH excluding ortho intramolecular Hbond substituents is 2. The average molecular weight is 380 g/mol. The number of hydrogen-bond donors (Lipinski definition) is 2. The molecule has 1 aromatic heterocycles. The number of phenols is 2. The highest BCUT2D eigenvalue weighted by molar-refractivity contribution is 5.86. The van der Waals surface area contributed by atoms with Crippen LogP contribution in [0.25, 0.3) is 22.3 Å². The molecule has 4 rings (SSSR count). The summed E-state index contributed by atoms with van der Waals surface area (Å²) in [5.41, 5.74) is 1.62. The Kier molecular flexibility index (Phi) is 4.73. The second-order valence-corrected chi connectivity index (χ2v) is 7.51. The second-order valence-electron chi connectivity index (χ2n) is 7.51. The first-order valence-corrected chi connectivity index (χ1v) is 9.44. The van der Waals surface area contributed by atoms with Crippen LogP contribution in [0.15, 0.2) is 51.7 Å². The molecule has 28 heavy (non-hydrogen) atoms. The Morgan fingerprint density at radius 1 is 1.04 bits per heavy atom. The highest BCUT2D eigenvalue weighted by Crippen LogP contribution is 2.34. The summed E-state index contributed by atoms with van der Waals surface area (Å²) in [5.74, 6) is -0.377. The van der Waals surface area contributed by atoms with E-state index in [9.17, 15) is 15.0 Å². The van der Waals surface area contributed by atoms with Crippen molar-refractivity contribution < 1.29 is 14.6 Å². The summed E-state index contributed by atoms with van der Waals surface area (Å²) in [6.07, 6.45) is 2.27. The number of fused-ring (bicyclic) bond motifs is 1. The molecule has 0 aliphatic carbocycles. The SMILES string of the molecule is CN(C)C1CCN(c2ccc(-c3cc(=O)c4ccc(O)c(O)c4o3)cc2)CC1. The van der Waals surface area contributed by atoms with E-state index in [0.717, 1.165) is 37.2 Å². The van der Waals surface area contributed by atoms with Crippen LogP contribution in [-0.2, 0) is 0 Å². The Morgan fingerprint density at radius 2 is 1.71 bits per heavy atom. The summed E-state index contributed by atoms with van der Waals surface area (Å²) in [7, 11) is 4.26. The summed E-state index contributed by atoms with van der Waals surface area (Å²) >= 11 is 0. The molecule has 1 aliphatic rings. The van der Waals surface area contributed by atoms with Gasteiger partial charge in [0.05, 0.1) is 5.39 Å². The molecule has 2 N–H and O–H groups in total. The predicted octanol–water partition coefficient (Wildman–Crippen LogP) is 3.40. The van der Waals surface area contributed by atoms with Crippen molar-refractivity contribution >= 4 is 16.7 Å². The van der Waals surface area contributed by atoms with Crippen LogP contribution in [-0.4, -0.2) is 48.3 Å². The molecule has 1 fully saturated rings. The highest BCUT2D eigenvalue weighted by Gasteiger charge is 2.21. The maximum Gasteiger partial charge on any atom is 0.201 e.